The second-order valence-electron chi connectivity index (χ2n) is 6.28. The van der Waals surface area contributed by atoms with Crippen LogP contribution in [0.3, 0.4) is 0 Å². The fourth-order valence-electron chi connectivity index (χ4n) is 3.16. The van der Waals surface area contributed by atoms with Crippen LogP contribution < -0.4 is 5.32 Å². The fraction of sp³-hybridized carbons (Fsp3) is 0.421. The summed E-state index contributed by atoms with van der Waals surface area (Å²) in [4.78, 5) is 14.8. The van der Waals surface area contributed by atoms with Gasteiger partial charge in [-0.2, -0.15) is 0 Å². The molecule has 128 valence electrons. The molecule has 1 fully saturated rings. The maximum Gasteiger partial charge on any atom is 0.251 e. The van der Waals surface area contributed by atoms with Crippen molar-refractivity contribution in [3.05, 3.63) is 58.5 Å². The first-order valence-electron chi connectivity index (χ1n) is 8.47. The van der Waals surface area contributed by atoms with Crippen molar-refractivity contribution in [2.45, 2.75) is 32.2 Å². The van der Waals surface area contributed by atoms with Crippen molar-refractivity contribution >= 4 is 17.5 Å². The van der Waals surface area contributed by atoms with Crippen molar-refractivity contribution in [1.82, 2.24) is 10.2 Å². The van der Waals surface area contributed by atoms with E-state index in [1.807, 2.05) is 19.1 Å². The summed E-state index contributed by atoms with van der Waals surface area (Å²) in [6.45, 7) is 4.57. The summed E-state index contributed by atoms with van der Waals surface area (Å²) < 4.78 is 5.84. The topological polar surface area (TPSA) is 45.5 Å². The molecule has 2 heterocycles. The first-order valence-corrected chi connectivity index (χ1v) is 8.85. The van der Waals surface area contributed by atoms with Gasteiger partial charge < -0.3 is 9.73 Å². The van der Waals surface area contributed by atoms with E-state index in [2.05, 4.69) is 10.2 Å². The summed E-state index contributed by atoms with van der Waals surface area (Å²) >= 11 is 5.88. The molecule has 1 aliphatic rings. The van der Waals surface area contributed by atoms with Crippen LogP contribution in [0.4, 0.5) is 0 Å². The number of furan rings is 1. The Morgan fingerprint density at radius 3 is 2.50 bits per heavy atom. The smallest absolute Gasteiger partial charge is 0.251 e. The Labute approximate surface area is 147 Å². The van der Waals surface area contributed by atoms with Gasteiger partial charge in [-0.05, 0) is 69.3 Å². The molecule has 24 heavy (non-hydrogen) atoms. The van der Waals surface area contributed by atoms with Crippen LogP contribution >= 0.6 is 11.6 Å². The van der Waals surface area contributed by atoms with Crippen LogP contribution in [0.15, 0.2) is 40.8 Å². The van der Waals surface area contributed by atoms with Gasteiger partial charge in [0.25, 0.3) is 5.91 Å². The molecule has 3 rings (SSSR count). The highest BCUT2D eigenvalue weighted by Crippen LogP contribution is 2.25. The molecule has 0 aliphatic carbocycles. The summed E-state index contributed by atoms with van der Waals surface area (Å²) in [5.41, 5.74) is 0.618. The normalized spacial score (nSPS) is 16.8. The molecule has 1 atom stereocenters. The summed E-state index contributed by atoms with van der Waals surface area (Å²) in [6.07, 6.45) is 3.67. The van der Waals surface area contributed by atoms with Gasteiger partial charge in [0.05, 0.1) is 6.04 Å². The minimum atomic E-state index is -0.0862. The van der Waals surface area contributed by atoms with Crippen LogP contribution in [0.1, 0.15) is 47.2 Å². The lowest BCUT2D eigenvalue weighted by Crippen LogP contribution is -2.40. The number of hydrogen-bond donors (Lipinski definition) is 1. The van der Waals surface area contributed by atoms with Gasteiger partial charge in [-0.25, -0.2) is 0 Å². The van der Waals surface area contributed by atoms with Gasteiger partial charge in [0.15, 0.2) is 0 Å². The Hall–Kier alpha value is -1.78. The third kappa shape index (κ3) is 4.19. The average molecular weight is 347 g/mol. The van der Waals surface area contributed by atoms with E-state index in [0.717, 1.165) is 24.6 Å². The highest BCUT2D eigenvalue weighted by molar-refractivity contribution is 6.30. The zero-order valence-corrected chi connectivity index (χ0v) is 14.7. The molecular weight excluding hydrogens is 324 g/mol. The van der Waals surface area contributed by atoms with Gasteiger partial charge in [-0.1, -0.05) is 18.0 Å². The maximum atomic E-state index is 12.4. The number of amides is 1. The van der Waals surface area contributed by atoms with Crippen LogP contribution in [-0.2, 0) is 0 Å². The third-order valence-corrected chi connectivity index (χ3v) is 4.74. The van der Waals surface area contributed by atoms with E-state index >= 15 is 0 Å². The van der Waals surface area contributed by atoms with Crippen molar-refractivity contribution in [2.24, 2.45) is 0 Å². The summed E-state index contributed by atoms with van der Waals surface area (Å²) in [7, 11) is 0. The van der Waals surface area contributed by atoms with Crippen molar-refractivity contribution in [1.29, 1.82) is 0 Å². The number of carbonyl (C=O) groups excluding carboxylic acids is 1. The molecule has 0 radical (unpaired) electrons. The minimum absolute atomic E-state index is 0.0789. The molecule has 0 spiro atoms. The van der Waals surface area contributed by atoms with Crippen molar-refractivity contribution in [3.8, 4) is 0 Å². The van der Waals surface area contributed by atoms with E-state index in [0.29, 0.717) is 17.1 Å². The third-order valence-electron chi connectivity index (χ3n) is 4.48. The molecule has 1 saturated heterocycles. The Morgan fingerprint density at radius 2 is 1.88 bits per heavy atom. The lowest BCUT2D eigenvalue weighted by Gasteiger charge is -2.33. The van der Waals surface area contributed by atoms with Crippen molar-refractivity contribution in [2.75, 3.05) is 19.6 Å². The summed E-state index contributed by atoms with van der Waals surface area (Å²) in [5, 5.41) is 3.67. The number of piperidine rings is 1. The molecule has 1 aromatic heterocycles. The van der Waals surface area contributed by atoms with Gasteiger partial charge in [-0.3, -0.25) is 9.69 Å². The number of nitrogens with one attached hydrogen (secondary N) is 1. The van der Waals surface area contributed by atoms with Gasteiger partial charge in [0, 0.05) is 17.1 Å². The predicted molar refractivity (Wildman–Crippen MR) is 95.4 cm³/mol. The molecule has 5 heteroatoms. The van der Waals surface area contributed by atoms with Crippen LogP contribution in [0, 0.1) is 6.92 Å². The second kappa shape index (κ2) is 7.86. The first-order chi connectivity index (χ1) is 11.6. The highest BCUT2D eigenvalue weighted by atomic mass is 35.5. The fourth-order valence-corrected chi connectivity index (χ4v) is 3.29. The molecule has 4 nitrogen and oxygen atoms in total. The standard InChI is InChI=1S/C19H23ClN2O2/c1-14-5-10-18(24-14)17(22-11-3-2-4-12-22)13-21-19(23)15-6-8-16(20)9-7-15/h5-10,17H,2-4,11-13H2,1H3,(H,21,23)/t17-/m1/s1. The Morgan fingerprint density at radius 1 is 1.17 bits per heavy atom. The zero-order valence-electron chi connectivity index (χ0n) is 13.9. The molecule has 1 amide bonds. The molecule has 0 bridgehead atoms. The van der Waals surface area contributed by atoms with E-state index in [4.69, 9.17) is 16.0 Å². The Bertz CT molecular complexity index is 675. The monoisotopic (exact) mass is 346 g/mol. The van der Waals surface area contributed by atoms with E-state index < -0.39 is 0 Å². The quantitative estimate of drug-likeness (QED) is 0.882. The lowest BCUT2D eigenvalue weighted by atomic mass is 10.1. The largest absolute Gasteiger partial charge is 0.465 e. The molecule has 1 N–H and O–H groups in total. The molecule has 2 aromatic rings. The number of carbonyl (C=O) groups is 1. The molecule has 1 aromatic carbocycles. The molecule has 0 saturated carbocycles. The van der Waals surface area contributed by atoms with Gasteiger partial charge >= 0.3 is 0 Å². The number of likely N-dealkylation sites (tertiary alicyclic amines) is 1. The van der Waals surface area contributed by atoms with Crippen LogP contribution in [0.2, 0.25) is 5.02 Å². The number of rotatable bonds is 5. The lowest BCUT2D eigenvalue weighted by molar-refractivity contribution is 0.0913. The maximum absolute atomic E-state index is 12.4. The predicted octanol–water partition coefficient (Wildman–Crippen LogP) is 4.20. The number of benzene rings is 1. The minimum Gasteiger partial charge on any atom is -0.465 e. The van der Waals surface area contributed by atoms with Gasteiger partial charge in [0.1, 0.15) is 11.5 Å². The second-order valence-corrected chi connectivity index (χ2v) is 6.71. The number of hydrogen-bond acceptors (Lipinski definition) is 3. The molecule has 1 aliphatic heterocycles. The van der Waals surface area contributed by atoms with E-state index in [1.54, 1.807) is 24.3 Å². The van der Waals surface area contributed by atoms with Crippen molar-refractivity contribution in [3.63, 3.8) is 0 Å². The van der Waals surface area contributed by atoms with E-state index in [9.17, 15) is 4.79 Å². The van der Waals surface area contributed by atoms with Crippen LogP contribution in [0.5, 0.6) is 0 Å². The van der Waals surface area contributed by atoms with Crippen LogP contribution in [0.25, 0.3) is 0 Å². The zero-order chi connectivity index (χ0) is 16.9. The Kier molecular flexibility index (Phi) is 5.59. The molecule has 0 unspecified atom stereocenters. The van der Waals surface area contributed by atoms with E-state index in [-0.39, 0.29) is 11.9 Å². The first kappa shape index (κ1) is 17.1. The summed E-state index contributed by atoms with van der Waals surface area (Å²) in [5.74, 6) is 1.73. The van der Waals surface area contributed by atoms with Crippen LogP contribution in [-0.4, -0.2) is 30.4 Å². The molecular formula is C19H23ClN2O2. The highest BCUT2D eigenvalue weighted by Gasteiger charge is 2.25. The van der Waals surface area contributed by atoms with E-state index in [1.165, 1.54) is 19.3 Å². The number of halogens is 1. The number of aryl methyl sites for hydroxylation is 1. The summed E-state index contributed by atoms with van der Waals surface area (Å²) in [6, 6.07) is 11.0. The van der Waals surface area contributed by atoms with Crippen molar-refractivity contribution < 1.29 is 9.21 Å². The Balaban J connectivity index is 1.69. The average Bonchev–Trinajstić information content (AvgIpc) is 3.02. The SMILES string of the molecule is Cc1ccc([C@@H](CNC(=O)c2ccc(Cl)cc2)N2CCCCC2)o1. The number of nitrogens with zero attached hydrogens (tertiary/aromatic N) is 1. The van der Waals surface area contributed by atoms with Gasteiger partial charge in [-0.15, -0.1) is 0 Å². The van der Waals surface area contributed by atoms with Gasteiger partial charge in [0.2, 0.25) is 0 Å².